The molecule has 0 bridgehead atoms. The highest BCUT2D eigenvalue weighted by molar-refractivity contribution is 5.91. The van der Waals surface area contributed by atoms with Crippen LogP contribution in [0.25, 0.3) is 22.2 Å². The Morgan fingerprint density at radius 1 is 1.03 bits per heavy atom. The molecule has 0 radical (unpaired) electrons. The Bertz CT molecular complexity index is 1510. The van der Waals surface area contributed by atoms with Crippen molar-refractivity contribution in [3.63, 3.8) is 0 Å². The number of morpholine rings is 1. The summed E-state index contributed by atoms with van der Waals surface area (Å²) in [7, 11) is 1.31. The number of hydrogen-bond donors (Lipinski definition) is 1. The van der Waals surface area contributed by atoms with E-state index in [1.54, 1.807) is 18.3 Å². The maximum absolute atomic E-state index is 12.8. The number of carbonyl (C=O) groups excluding carboxylic acids is 2. The molecular weight excluding hydrogens is 502 g/mol. The zero-order valence-electron chi connectivity index (χ0n) is 22.2. The van der Waals surface area contributed by atoms with Gasteiger partial charge in [0.05, 0.1) is 49.6 Å². The zero-order chi connectivity index (χ0) is 27.6. The molecule has 1 saturated heterocycles. The van der Waals surface area contributed by atoms with E-state index in [4.69, 9.17) is 24.2 Å². The van der Waals surface area contributed by atoms with Crippen molar-refractivity contribution in [3.8, 4) is 11.3 Å². The lowest BCUT2D eigenvalue weighted by atomic mass is 10.1. The van der Waals surface area contributed by atoms with Crippen LogP contribution in [-0.2, 0) is 14.2 Å². The molecule has 0 saturated carbocycles. The van der Waals surface area contributed by atoms with E-state index < -0.39 is 17.7 Å². The van der Waals surface area contributed by atoms with E-state index in [1.165, 1.54) is 18.0 Å². The second-order valence-corrected chi connectivity index (χ2v) is 9.90. The van der Waals surface area contributed by atoms with Crippen molar-refractivity contribution in [2.24, 2.45) is 0 Å². The molecule has 3 aromatic heterocycles. The lowest BCUT2D eigenvalue weighted by Gasteiger charge is -2.27. The molecule has 12 nitrogen and oxygen atoms in total. The third-order valence-electron chi connectivity index (χ3n) is 5.87. The van der Waals surface area contributed by atoms with Gasteiger partial charge in [0.1, 0.15) is 17.1 Å². The molecular formula is C27H29N7O5. The number of rotatable bonds is 5. The largest absolute Gasteiger partial charge is 0.464 e. The van der Waals surface area contributed by atoms with Crippen LogP contribution in [0.2, 0.25) is 0 Å². The molecule has 1 N–H and O–H groups in total. The summed E-state index contributed by atoms with van der Waals surface area (Å²) in [5.41, 5.74) is 2.20. The fourth-order valence-corrected chi connectivity index (χ4v) is 4.02. The smallest absolute Gasteiger partial charge is 0.435 e. The molecule has 4 aromatic rings. The Hall–Kier alpha value is -4.58. The summed E-state index contributed by atoms with van der Waals surface area (Å²) in [6.07, 6.45) is 2.60. The van der Waals surface area contributed by atoms with Crippen molar-refractivity contribution < 1.29 is 23.8 Å². The number of methoxy groups -OCH3 is 1. The summed E-state index contributed by atoms with van der Waals surface area (Å²) in [5.74, 6) is 0.564. The molecule has 0 unspecified atom stereocenters. The lowest BCUT2D eigenvalue weighted by Crippen LogP contribution is -2.37. The van der Waals surface area contributed by atoms with Gasteiger partial charge in [-0.25, -0.2) is 19.6 Å². The molecule has 1 aliphatic rings. The number of aromatic nitrogens is 5. The fourth-order valence-electron chi connectivity index (χ4n) is 4.02. The molecule has 0 aliphatic carbocycles. The predicted octanol–water partition coefficient (Wildman–Crippen LogP) is 4.04. The van der Waals surface area contributed by atoms with Crippen molar-refractivity contribution in [3.05, 3.63) is 54.5 Å². The molecule has 4 heterocycles. The van der Waals surface area contributed by atoms with Crippen molar-refractivity contribution >= 4 is 40.4 Å². The van der Waals surface area contributed by atoms with Crippen LogP contribution < -0.4 is 10.2 Å². The molecule has 0 amide bonds. The number of pyridine rings is 1. The summed E-state index contributed by atoms with van der Waals surface area (Å²) in [5, 5.41) is 8.28. The van der Waals surface area contributed by atoms with E-state index in [1.807, 2.05) is 45.0 Å². The lowest BCUT2D eigenvalue weighted by molar-refractivity contribution is 0.0521. The third kappa shape index (κ3) is 5.96. The average Bonchev–Trinajstić information content (AvgIpc) is 3.36. The molecule has 5 rings (SSSR count). The quantitative estimate of drug-likeness (QED) is 0.374. The van der Waals surface area contributed by atoms with Gasteiger partial charge in [0.15, 0.2) is 0 Å². The number of esters is 1. The number of ether oxygens (including phenoxy) is 3. The van der Waals surface area contributed by atoms with Crippen molar-refractivity contribution in [2.45, 2.75) is 26.4 Å². The van der Waals surface area contributed by atoms with Crippen LogP contribution in [0.3, 0.4) is 0 Å². The van der Waals surface area contributed by atoms with E-state index in [0.717, 1.165) is 10.9 Å². The van der Waals surface area contributed by atoms with Gasteiger partial charge < -0.3 is 24.4 Å². The van der Waals surface area contributed by atoms with Gasteiger partial charge in [-0.05, 0) is 39.0 Å². The van der Waals surface area contributed by atoms with Crippen LogP contribution >= 0.6 is 0 Å². The Morgan fingerprint density at radius 3 is 2.51 bits per heavy atom. The molecule has 1 fully saturated rings. The van der Waals surface area contributed by atoms with Gasteiger partial charge in [-0.2, -0.15) is 14.8 Å². The first-order chi connectivity index (χ1) is 18.7. The van der Waals surface area contributed by atoms with Gasteiger partial charge in [-0.15, -0.1) is 0 Å². The Morgan fingerprint density at radius 2 is 1.82 bits per heavy atom. The fraction of sp³-hybridized carbons (Fsp3) is 0.333. The van der Waals surface area contributed by atoms with E-state index in [2.05, 4.69) is 20.3 Å². The Labute approximate surface area is 224 Å². The number of nitrogens with zero attached hydrogens (tertiary/aromatic N) is 6. The first-order valence-electron chi connectivity index (χ1n) is 12.4. The molecule has 39 heavy (non-hydrogen) atoms. The van der Waals surface area contributed by atoms with Gasteiger partial charge in [0.25, 0.3) is 0 Å². The van der Waals surface area contributed by atoms with Crippen LogP contribution in [0.5, 0.6) is 0 Å². The SMILES string of the molecule is COC(=O)c1ccc(Nc2cc(-c3ccc4cnn(C(=O)OC(C)(C)C)c4c3)nc(N3CCOCC3)n2)cn1. The summed E-state index contributed by atoms with van der Waals surface area (Å²) in [6, 6.07) is 10.8. The standard InChI is InChI=1S/C27H29N7O5/c1-27(2,3)39-26(36)34-22-13-17(5-6-18(22)15-29-34)21-14-23(32-25(31-21)33-9-11-38-12-10-33)30-19-7-8-20(28-16-19)24(35)37-4/h5-8,13-16H,9-12H2,1-4H3,(H,30,31,32). The molecule has 12 heteroatoms. The number of benzene rings is 1. The van der Waals surface area contributed by atoms with E-state index >= 15 is 0 Å². The Balaban J connectivity index is 1.52. The predicted molar refractivity (Wildman–Crippen MR) is 144 cm³/mol. The summed E-state index contributed by atoms with van der Waals surface area (Å²) in [4.78, 5) is 40.3. The minimum atomic E-state index is -0.656. The monoisotopic (exact) mass is 531 g/mol. The topological polar surface area (TPSA) is 134 Å². The summed E-state index contributed by atoms with van der Waals surface area (Å²) >= 11 is 0. The van der Waals surface area contributed by atoms with Gasteiger partial charge in [0, 0.05) is 30.1 Å². The maximum Gasteiger partial charge on any atom is 0.435 e. The highest BCUT2D eigenvalue weighted by Gasteiger charge is 2.21. The average molecular weight is 532 g/mol. The van der Waals surface area contributed by atoms with Gasteiger partial charge in [-0.1, -0.05) is 12.1 Å². The first-order valence-corrected chi connectivity index (χ1v) is 12.4. The van der Waals surface area contributed by atoms with Crippen molar-refractivity contribution in [2.75, 3.05) is 43.6 Å². The molecule has 202 valence electrons. The van der Waals surface area contributed by atoms with E-state index in [9.17, 15) is 9.59 Å². The molecule has 0 atom stereocenters. The minimum Gasteiger partial charge on any atom is -0.464 e. The second-order valence-electron chi connectivity index (χ2n) is 9.90. The third-order valence-corrected chi connectivity index (χ3v) is 5.87. The number of hydrogen-bond acceptors (Lipinski definition) is 11. The number of carbonyl (C=O) groups is 2. The number of anilines is 3. The zero-order valence-corrected chi connectivity index (χ0v) is 22.2. The number of nitrogens with one attached hydrogen (secondary N) is 1. The highest BCUT2D eigenvalue weighted by atomic mass is 16.6. The van der Waals surface area contributed by atoms with Crippen molar-refractivity contribution in [1.29, 1.82) is 0 Å². The number of fused-ring (bicyclic) bond motifs is 1. The maximum atomic E-state index is 12.8. The van der Waals surface area contributed by atoms with Crippen LogP contribution in [0.1, 0.15) is 31.3 Å². The van der Waals surface area contributed by atoms with Gasteiger partial charge in [0.2, 0.25) is 5.95 Å². The van der Waals surface area contributed by atoms with Crippen LogP contribution in [0.15, 0.2) is 48.8 Å². The van der Waals surface area contributed by atoms with Crippen LogP contribution in [0, 0.1) is 0 Å². The first kappa shape index (κ1) is 26.0. The van der Waals surface area contributed by atoms with E-state index in [0.29, 0.717) is 55.0 Å². The van der Waals surface area contributed by atoms with E-state index in [-0.39, 0.29) is 5.69 Å². The van der Waals surface area contributed by atoms with Gasteiger partial charge >= 0.3 is 12.1 Å². The Kier molecular flexibility index (Phi) is 7.11. The molecule has 1 aromatic carbocycles. The molecule has 0 spiro atoms. The van der Waals surface area contributed by atoms with Crippen LogP contribution in [-0.4, -0.2) is 75.8 Å². The minimum absolute atomic E-state index is 0.204. The second kappa shape index (κ2) is 10.7. The highest BCUT2D eigenvalue weighted by Crippen LogP contribution is 2.28. The molecule has 1 aliphatic heterocycles. The van der Waals surface area contributed by atoms with Gasteiger partial charge in [-0.3, -0.25) is 0 Å². The van der Waals surface area contributed by atoms with Crippen molar-refractivity contribution in [1.82, 2.24) is 24.7 Å². The summed E-state index contributed by atoms with van der Waals surface area (Å²) in [6.45, 7) is 7.90. The summed E-state index contributed by atoms with van der Waals surface area (Å²) < 4.78 is 17.0. The van der Waals surface area contributed by atoms with Crippen LogP contribution in [0.4, 0.5) is 22.2 Å². The normalized spacial score (nSPS) is 13.8.